The van der Waals surface area contributed by atoms with Crippen molar-refractivity contribution < 1.29 is 4.74 Å². The fourth-order valence-electron chi connectivity index (χ4n) is 1.12. The number of nitrogens with one attached hydrogen (secondary N) is 2. The zero-order chi connectivity index (χ0) is 9.52. The Hall–Kier alpha value is -0.680. The average molecular weight is 201 g/mol. The van der Waals surface area contributed by atoms with Crippen LogP contribution in [0.4, 0.5) is 0 Å². The minimum atomic E-state index is 0.529. The van der Waals surface area contributed by atoms with E-state index in [9.17, 15) is 0 Å². The third-order valence-electron chi connectivity index (χ3n) is 1.94. The summed E-state index contributed by atoms with van der Waals surface area (Å²) in [7, 11) is 1.76. The van der Waals surface area contributed by atoms with E-state index in [2.05, 4.69) is 15.8 Å². The third-order valence-corrected chi connectivity index (χ3v) is 2.24. The molecular weight excluding hydrogens is 186 g/mol. The molecule has 4 nitrogen and oxygen atoms in total. The van der Waals surface area contributed by atoms with Crippen molar-refractivity contribution in [3.05, 3.63) is 0 Å². The van der Waals surface area contributed by atoms with Crippen molar-refractivity contribution in [2.75, 3.05) is 20.3 Å². The Morgan fingerprint density at radius 2 is 2.23 bits per heavy atom. The van der Waals surface area contributed by atoms with Gasteiger partial charge >= 0.3 is 0 Å². The second-order valence-corrected chi connectivity index (χ2v) is 3.33. The van der Waals surface area contributed by atoms with E-state index < -0.39 is 0 Å². The lowest BCUT2D eigenvalue weighted by Gasteiger charge is -2.17. The maximum Gasteiger partial charge on any atom is 0.186 e. The van der Waals surface area contributed by atoms with Crippen molar-refractivity contribution in [1.29, 1.82) is 0 Å². The Bertz CT molecular complexity index is 190. The van der Waals surface area contributed by atoms with Crippen LogP contribution in [0.2, 0.25) is 0 Å². The van der Waals surface area contributed by atoms with E-state index in [1.165, 1.54) is 0 Å². The molecule has 0 saturated carbocycles. The normalized spacial score (nSPS) is 18.8. The van der Waals surface area contributed by atoms with Gasteiger partial charge in [-0.1, -0.05) is 0 Å². The number of ether oxygens (including phenoxy) is 1. The number of thiocarbonyl (C=S) groups is 1. The molecule has 1 fully saturated rings. The largest absolute Gasteiger partial charge is 0.381 e. The van der Waals surface area contributed by atoms with Crippen LogP contribution in [0.25, 0.3) is 0 Å². The number of nitrogens with zero attached hydrogens (tertiary/aromatic N) is 1. The topological polar surface area (TPSA) is 45.7 Å². The number of hydrogen-bond donors (Lipinski definition) is 2. The van der Waals surface area contributed by atoms with Crippen LogP contribution in [-0.2, 0) is 4.74 Å². The number of hydrazone groups is 1. The molecule has 0 aliphatic carbocycles. The average Bonchev–Trinajstić information content (AvgIpc) is 2.19. The molecule has 0 bridgehead atoms. The van der Waals surface area contributed by atoms with Gasteiger partial charge in [-0.3, -0.25) is 5.43 Å². The van der Waals surface area contributed by atoms with E-state index in [0.717, 1.165) is 26.1 Å². The van der Waals surface area contributed by atoms with Crippen LogP contribution in [-0.4, -0.2) is 31.6 Å². The van der Waals surface area contributed by atoms with E-state index in [0.29, 0.717) is 11.0 Å². The van der Waals surface area contributed by atoms with Crippen LogP contribution in [0, 0.1) is 5.92 Å². The van der Waals surface area contributed by atoms with Crippen molar-refractivity contribution in [2.45, 2.75) is 12.8 Å². The summed E-state index contributed by atoms with van der Waals surface area (Å²) in [5.41, 5.74) is 2.73. The quantitative estimate of drug-likeness (QED) is 0.388. The predicted molar refractivity (Wildman–Crippen MR) is 56.8 cm³/mol. The summed E-state index contributed by atoms with van der Waals surface area (Å²) in [5, 5.41) is 7.36. The highest BCUT2D eigenvalue weighted by Gasteiger charge is 2.10. The van der Waals surface area contributed by atoms with Crippen LogP contribution in [0.15, 0.2) is 5.10 Å². The maximum atomic E-state index is 5.23. The second-order valence-electron chi connectivity index (χ2n) is 2.92. The van der Waals surface area contributed by atoms with E-state index in [-0.39, 0.29) is 0 Å². The summed E-state index contributed by atoms with van der Waals surface area (Å²) < 4.78 is 5.23. The van der Waals surface area contributed by atoms with Gasteiger partial charge < -0.3 is 10.1 Å². The van der Waals surface area contributed by atoms with Gasteiger partial charge in [0, 0.05) is 32.4 Å². The molecule has 0 unspecified atom stereocenters. The molecule has 2 N–H and O–H groups in total. The van der Waals surface area contributed by atoms with E-state index in [1.807, 2.05) is 6.21 Å². The van der Waals surface area contributed by atoms with Crippen LogP contribution < -0.4 is 10.7 Å². The summed E-state index contributed by atoms with van der Waals surface area (Å²) in [6.45, 7) is 1.68. The molecule has 0 aromatic heterocycles. The molecule has 5 heteroatoms. The molecule has 74 valence electrons. The van der Waals surface area contributed by atoms with Gasteiger partial charge in [0.2, 0.25) is 0 Å². The maximum absolute atomic E-state index is 5.23. The fourth-order valence-corrected chi connectivity index (χ4v) is 1.17. The smallest absolute Gasteiger partial charge is 0.186 e. The molecule has 0 atom stereocenters. The molecule has 1 aliphatic heterocycles. The lowest BCUT2D eigenvalue weighted by atomic mass is 10.0. The summed E-state index contributed by atoms with van der Waals surface area (Å²) in [5.74, 6) is 0.529. The Labute approximate surface area is 83.7 Å². The summed E-state index contributed by atoms with van der Waals surface area (Å²) in [6.07, 6.45) is 4.02. The molecule has 0 amide bonds. The zero-order valence-electron chi connectivity index (χ0n) is 7.75. The van der Waals surface area contributed by atoms with Gasteiger partial charge in [0.1, 0.15) is 0 Å². The third kappa shape index (κ3) is 4.19. The lowest BCUT2D eigenvalue weighted by molar-refractivity contribution is 0.0837. The van der Waals surface area contributed by atoms with Crippen molar-refractivity contribution >= 4 is 23.5 Å². The lowest BCUT2D eigenvalue weighted by Crippen LogP contribution is -2.29. The molecule has 0 aromatic rings. The summed E-state index contributed by atoms with van der Waals surface area (Å²) in [4.78, 5) is 0. The Morgan fingerprint density at radius 3 is 2.85 bits per heavy atom. The number of hydrogen-bond acceptors (Lipinski definition) is 3. The standard InChI is InChI=1S/C8H15N3OS/c1-9-8(13)11-10-6-7-2-4-12-5-3-7/h6-7H,2-5H2,1H3,(H2,9,11,13)/b10-6+. The molecule has 13 heavy (non-hydrogen) atoms. The fraction of sp³-hybridized carbons (Fsp3) is 0.750. The van der Waals surface area contributed by atoms with Crippen molar-refractivity contribution in [3.8, 4) is 0 Å². The first kappa shape index (κ1) is 10.4. The Morgan fingerprint density at radius 1 is 1.54 bits per heavy atom. The first-order chi connectivity index (χ1) is 6.33. The van der Waals surface area contributed by atoms with Crippen molar-refractivity contribution in [3.63, 3.8) is 0 Å². The van der Waals surface area contributed by atoms with Gasteiger partial charge in [0.15, 0.2) is 5.11 Å². The van der Waals surface area contributed by atoms with Gasteiger partial charge in [0.25, 0.3) is 0 Å². The van der Waals surface area contributed by atoms with Gasteiger partial charge in [-0.15, -0.1) is 0 Å². The van der Waals surface area contributed by atoms with Crippen LogP contribution in [0.1, 0.15) is 12.8 Å². The molecule has 1 heterocycles. The minimum absolute atomic E-state index is 0.529. The molecule has 1 rings (SSSR count). The predicted octanol–water partition coefficient (Wildman–Crippen LogP) is 0.493. The molecule has 0 radical (unpaired) electrons. The highest BCUT2D eigenvalue weighted by Crippen LogP contribution is 2.11. The van der Waals surface area contributed by atoms with E-state index >= 15 is 0 Å². The monoisotopic (exact) mass is 201 g/mol. The van der Waals surface area contributed by atoms with Crippen molar-refractivity contribution in [1.82, 2.24) is 10.7 Å². The highest BCUT2D eigenvalue weighted by atomic mass is 32.1. The summed E-state index contributed by atoms with van der Waals surface area (Å²) in [6, 6.07) is 0. The summed E-state index contributed by atoms with van der Waals surface area (Å²) >= 11 is 4.86. The highest BCUT2D eigenvalue weighted by molar-refractivity contribution is 7.80. The number of rotatable bonds is 2. The first-order valence-electron chi connectivity index (χ1n) is 4.41. The van der Waals surface area contributed by atoms with Crippen LogP contribution in [0.5, 0.6) is 0 Å². The van der Waals surface area contributed by atoms with Crippen molar-refractivity contribution in [2.24, 2.45) is 11.0 Å². The van der Waals surface area contributed by atoms with E-state index in [4.69, 9.17) is 17.0 Å². The molecule has 0 spiro atoms. The van der Waals surface area contributed by atoms with Crippen LogP contribution >= 0.6 is 12.2 Å². The van der Waals surface area contributed by atoms with E-state index in [1.54, 1.807) is 7.05 Å². The molecule has 1 aliphatic rings. The van der Waals surface area contributed by atoms with Gasteiger partial charge in [-0.2, -0.15) is 5.10 Å². The zero-order valence-corrected chi connectivity index (χ0v) is 8.56. The van der Waals surface area contributed by atoms with Crippen LogP contribution in [0.3, 0.4) is 0 Å². The van der Waals surface area contributed by atoms with Gasteiger partial charge in [-0.25, -0.2) is 0 Å². The first-order valence-corrected chi connectivity index (χ1v) is 4.82. The SMILES string of the molecule is CNC(=S)N/N=C/C1CCOCC1. The minimum Gasteiger partial charge on any atom is -0.381 e. The molecular formula is C8H15N3OS. The molecule has 0 aromatic carbocycles. The molecule has 1 saturated heterocycles. The van der Waals surface area contributed by atoms with Gasteiger partial charge in [-0.05, 0) is 25.1 Å². The Kier molecular flexibility index (Phi) is 4.70. The second kappa shape index (κ2) is 5.88. The van der Waals surface area contributed by atoms with Gasteiger partial charge in [0.05, 0.1) is 0 Å². The Balaban J connectivity index is 2.18.